The molecule has 39 valence electrons. The van der Waals surface area contributed by atoms with Crippen molar-refractivity contribution in [2.24, 2.45) is 0 Å². The fourth-order valence-corrected chi connectivity index (χ4v) is 0.0913. The van der Waals surface area contributed by atoms with Crippen LogP contribution in [0.5, 0.6) is 0 Å². The molecule has 1 amide bonds. The molecule has 0 N–H and O–H groups in total. The first-order valence-electron chi connectivity index (χ1n) is 1.78. The van der Waals surface area contributed by atoms with E-state index < -0.39 is 5.91 Å². The summed E-state index contributed by atoms with van der Waals surface area (Å²) in [5, 5.41) is 0. The van der Waals surface area contributed by atoms with Crippen molar-refractivity contribution in [2.75, 3.05) is 14.1 Å². The number of hydrogen-bond donors (Lipinski definition) is 0. The second-order valence-electron chi connectivity index (χ2n) is 1.30. The van der Waals surface area contributed by atoms with Crippen LogP contribution in [-0.4, -0.2) is 31.2 Å². The highest BCUT2D eigenvalue weighted by Gasteiger charge is 1.98. The molecule has 0 atom stereocenters. The van der Waals surface area contributed by atoms with E-state index >= 15 is 0 Å². The Labute approximate surface area is 41.9 Å². The van der Waals surface area contributed by atoms with E-state index in [0.717, 1.165) is 4.90 Å². The van der Waals surface area contributed by atoms with Gasteiger partial charge in [0.15, 0.2) is 0 Å². The van der Waals surface area contributed by atoms with Gasteiger partial charge in [-0.25, -0.2) is 0 Å². The van der Waals surface area contributed by atoms with Crippen LogP contribution >= 0.6 is 0 Å². The Hall–Kier alpha value is -0.860. The summed E-state index contributed by atoms with van der Waals surface area (Å²) in [5.74, 6) is -0.625. The van der Waals surface area contributed by atoms with E-state index in [-0.39, 0.29) is 0 Å². The van der Waals surface area contributed by atoms with E-state index in [1.54, 1.807) is 0 Å². The van der Waals surface area contributed by atoms with Gasteiger partial charge in [0.2, 0.25) is 0 Å². The third kappa shape index (κ3) is 1.92. The Morgan fingerprint density at radius 1 is 1.57 bits per heavy atom. The van der Waals surface area contributed by atoms with Crippen molar-refractivity contribution in [2.45, 2.75) is 0 Å². The van der Waals surface area contributed by atoms with Crippen LogP contribution < -0.4 is 0 Å². The van der Waals surface area contributed by atoms with Crippen LogP contribution in [0.25, 0.3) is 0 Å². The van der Waals surface area contributed by atoms with Gasteiger partial charge in [-0.2, -0.15) is 0 Å². The van der Waals surface area contributed by atoms with Crippen LogP contribution in [0.2, 0.25) is 0 Å². The lowest BCUT2D eigenvalue weighted by Crippen LogP contribution is -2.21. The molecule has 0 fully saturated rings. The maximum atomic E-state index is 10.0. The second kappa shape index (κ2) is 2.34. The third-order valence-electron chi connectivity index (χ3n) is 0.493. The molecule has 0 spiro atoms. The van der Waals surface area contributed by atoms with Gasteiger partial charge < -0.3 is 4.90 Å². The number of carbonyl (C=O) groups is 1. The van der Waals surface area contributed by atoms with E-state index in [4.69, 9.17) is 0 Å². The van der Waals surface area contributed by atoms with Crippen molar-refractivity contribution in [1.82, 2.24) is 4.90 Å². The van der Waals surface area contributed by atoms with Crippen molar-refractivity contribution in [3.05, 3.63) is 0 Å². The van der Waals surface area contributed by atoms with Crippen molar-refractivity contribution in [1.29, 1.82) is 0 Å². The highest BCUT2D eigenvalue weighted by Crippen LogP contribution is 1.68. The minimum absolute atomic E-state index is 0.625. The Balaban J connectivity index is 3.56. The molecule has 0 aliphatic rings. The zero-order valence-electron chi connectivity index (χ0n) is 4.26. The summed E-state index contributed by atoms with van der Waals surface area (Å²) in [7, 11) is 2.99. The van der Waals surface area contributed by atoms with Crippen molar-refractivity contribution in [3.63, 3.8) is 0 Å². The summed E-state index contributed by atoms with van der Waals surface area (Å²) < 4.78 is 0. The summed E-state index contributed by atoms with van der Waals surface area (Å²) in [6.45, 7) is 0. The highest BCUT2D eigenvalue weighted by molar-refractivity contribution is 6.23. The lowest BCUT2D eigenvalue weighted by molar-refractivity contribution is -0.121. The minimum atomic E-state index is -0.625. The summed E-state index contributed by atoms with van der Waals surface area (Å²) in [4.78, 5) is 20.6. The molecule has 0 saturated heterocycles. The van der Waals surface area contributed by atoms with E-state index in [9.17, 15) is 9.59 Å². The van der Waals surface area contributed by atoms with Crippen LogP contribution in [0.3, 0.4) is 0 Å². The van der Waals surface area contributed by atoms with Crippen molar-refractivity contribution < 1.29 is 9.59 Å². The fourth-order valence-electron chi connectivity index (χ4n) is 0.0913. The molecule has 0 aromatic heterocycles. The molecule has 0 aliphatic heterocycles. The van der Waals surface area contributed by atoms with Crippen LogP contribution in [0.15, 0.2) is 0 Å². The molecule has 0 bridgehead atoms. The van der Waals surface area contributed by atoms with Gasteiger partial charge in [-0.1, -0.05) is 0 Å². The molecule has 0 unspecified atom stereocenters. The number of carbonyl (C=O) groups excluding carboxylic acids is 2. The normalized spacial score (nSPS) is 7.71. The highest BCUT2D eigenvalue weighted by atomic mass is 16.2. The zero-order valence-corrected chi connectivity index (χ0v) is 4.26. The molecule has 0 aromatic carbocycles. The van der Waals surface area contributed by atoms with Gasteiger partial charge in [0.25, 0.3) is 12.2 Å². The van der Waals surface area contributed by atoms with E-state index in [1.807, 2.05) is 0 Å². The SMILES string of the molecule is CN(C)C(=O)[C]=O. The second-order valence-corrected chi connectivity index (χ2v) is 1.30. The molecule has 3 heteroatoms. The maximum Gasteiger partial charge on any atom is 0.298 e. The predicted octanol–water partition coefficient (Wildman–Crippen LogP) is -0.816. The summed E-state index contributed by atoms with van der Waals surface area (Å²) >= 11 is 0. The van der Waals surface area contributed by atoms with Crippen molar-refractivity contribution >= 4 is 12.2 Å². The number of hydrogen-bond acceptors (Lipinski definition) is 2. The molecule has 0 aliphatic carbocycles. The largest absolute Gasteiger partial charge is 0.342 e. The molecule has 0 rings (SSSR count). The van der Waals surface area contributed by atoms with Gasteiger partial charge >= 0.3 is 0 Å². The lowest BCUT2D eigenvalue weighted by atomic mass is 10.6. The number of likely N-dealkylation sites (N-methyl/N-ethyl adjacent to an activating group) is 1. The average Bonchev–Trinajstić information content (AvgIpc) is 1.65. The monoisotopic (exact) mass is 100 g/mol. The number of rotatable bonds is 1. The summed E-state index contributed by atoms with van der Waals surface area (Å²) in [6.07, 6.45) is 1.20. The summed E-state index contributed by atoms with van der Waals surface area (Å²) in [5.41, 5.74) is 0. The van der Waals surface area contributed by atoms with Gasteiger partial charge in [0.1, 0.15) is 0 Å². The van der Waals surface area contributed by atoms with E-state index in [1.165, 1.54) is 20.4 Å². The zero-order chi connectivity index (χ0) is 5.86. The quantitative estimate of drug-likeness (QED) is 0.404. The fraction of sp³-hybridized carbons (Fsp3) is 0.500. The molecule has 0 heterocycles. The molecular weight excluding hydrogens is 94.0 g/mol. The van der Waals surface area contributed by atoms with Gasteiger partial charge in [0, 0.05) is 14.1 Å². The van der Waals surface area contributed by atoms with E-state index in [2.05, 4.69) is 0 Å². The first-order chi connectivity index (χ1) is 3.18. The van der Waals surface area contributed by atoms with Crippen LogP contribution in [0.1, 0.15) is 0 Å². The Morgan fingerprint density at radius 2 is 2.00 bits per heavy atom. The van der Waals surface area contributed by atoms with Gasteiger partial charge in [0.05, 0.1) is 0 Å². The van der Waals surface area contributed by atoms with E-state index in [0.29, 0.717) is 0 Å². The third-order valence-corrected chi connectivity index (χ3v) is 0.493. The molecular formula is C4H6NO2. The maximum absolute atomic E-state index is 10.0. The smallest absolute Gasteiger partial charge is 0.298 e. The lowest BCUT2D eigenvalue weighted by Gasteiger charge is -2.00. The number of amides is 1. The van der Waals surface area contributed by atoms with Gasteiger partial charge in [-0.05, 0) is 0 Å². The standard InChI is InChI=1S/C4H6NO2/c1-5(2)4(7)3-6/h1-2H3. The molecule has 1 radical (unpaired) electrons. The van der Waals surface area contributed by atoms with Gasteiger partial charge in [-0.3, -0.25) is 9.59 Å². The topological polar surface area (TPSA) is 37.4 Å². The Kier molecular flexibility index (Phi) is 2.05. The van der Waals surface area contributed by atoms with Crippen LogP contribution in [0.4, 0.5) is 0 Å². The molecule has 0 saturated carbocycles. The molecule has 3 nitrogen and oxygen atoms in total. The predicted molar refractivity (Wildman–Crippen MR) is 24.4 cm³/mol. The Bertz CT molecular complexity index is 87.7. The molecule has 7 heavy (non-hydrogen) atoms. The minimum Gasteiger partial charge on any atom is -0.342 e. The van der Waals surface area contributed by atoms with Crippen molar-refractivity contribution in [3.8, 4) is 0 Å². The Morgan fingerprint density at radius 3 is 2.00 bits per heavy atom. The first kappa shape index (κ1) is 6.14. The first-order valence-corrected chi connectivity index (χ1v) is 1.78. The molecule has 0 aromatic rings. The number of nitrogens with zero attached hydrogens (tertiary/aromatic N) is 1. The summed E-state index contributed by atoms with van der Waals surface area (Å²) in [6, 6.07) is 0. The average molecular weight is 100 g/mol. The van der Waals surface area contributed by atoms with Crippen LogP contribution in [-0.2, 0) is 9.59 Å². The van der Waals surface area contributed by atoms with Crippen LogP contribution in [0, 0.1) is 0 Å². The van der Waals surface area contributed by atoms with Gasteiger partial charge in [-0.15, -0.1) is 0 Å².